The zero-order valence-electron chi connectivity index (χ0n) is 26.1. The van der Waals surface area contributed by atoms with E-state index in [2.05, 4.69) is 201 Å². The monoisotopic (exact) mass is 582 g/mol. The van der Waals surface area contributed by atoms with Gasteiger partial charge < -0.3 is 9.80 Å². The molecule has 220 valence electrons. The first-order valence-corrected chi connectivity index (χ1v) is 15.7. The summed E-state index contributed by atoms with van der Waals surface area (Å²) in [6.07, 6.45) is 4.58. The van der Waals surface area contributed by atoms with Gasteiger partial charge in [-0.05, 0) is 22.3 Å². The molecule has 2 nitrogen and oxygen atoms in total. The summed E-state index contributed by atoms with van der Waals surface area (Å²) in [6.45, 7) is 7.06. The van der Waals surface area contributed by atoms with Crippen molar-refractivity contribution in [3.63, 3.8) is 0 Å². The van der Waals surface area contributed by atoms with Gasteiger partial charge in [-0.3, -0.25) is 0 Å². The van der Waals surface area contributed by atoms with Gasteiger partial charge in [-0.2, -0.15) is 0 Å². The van der Waals surface area contributed by atoms with Crippen molar-refractivity contribution in [3.05, 3.63) is 170 Å². The van der Waals surface area contributed by atoms with Crippen LogP contribution >= 0.6 is 0 Å². The van der Waals surface area contributed by atoms with Crippen molar-refractivity contribution in [1.29, 1.82) is 0 Å². The Bertz CT molecular complexity index is 1670. The molecule has 0 aliphatic carbocycles. The molecule has 0 atom stereocenters. The fourth-order valence-electron chi connectivity index (χ4n) is 6.71. The highest BCUT2D eigenvalue weighted by molar-refractivity contribution is 5.96. The van der Waals surface area contributed by atoms with Crippen molar-refractivity contribution in [2.45, 2.75) is 26.9 Å². The van der Waals surface area contributed by atoms with Gasteiger partial charge in [-0.1, -0.05) is 178 Å². The molecule has 0 fully saturated rings. The molecule has 0 N–H and O–H groups in total. The molecule has 1 heterocycles. The zero-order chi connectivity index (χ0) is 30.8. The van der Waals surface area contributed by atoms with E-state index < -0.39 is 0 Å². The fraction of sp³-hybridized carbons (Fsp3) is 0.116. The van der Waals surface area contributed by atoms with Crippen LogP contribution < -0.4 is 9.80 Å². The molecule has 0 bridgehead atoms. The smallest absolute Gasteiger partial charge is 0.115 e. The molecule has 0 unspecified atom stereocenters. The molecule has 0 saturated carbocycles. The van der Waals surface area contributed by atoms with Crippen LogP contribution in [0.2, 0.25) is 0 Å². The lowest BCUT2D eigenvalue weighted by molar-refractivity contribution is 0.327. The quantitative estimate of drug-likeness (QED) is 0.193. The Morgan fingerprint density at radius 1 is 0.356 bits per heavy atom. The van der Waals surface area contributed by atoms with Crippen molar-refractivity contribution in [1.82, 2.24) is 0 Å². The second kappa shape index (κ2) is 12.0. The standard InChI is InChI=1S/C43H38N2/c1-43(2,3)42-44(40-36(32-18-8-4-9-19-32)26-16-27-37(40)33-20-10-5-11-21-33)30-31-45(42)41-38(34-22-12-6-13-23-34)28-17-29-39(41)35-24-14-7-15-25-35/h4-31,42H,1-3H3. The van der Waals surface area contributed by atoms with Crippen LogP contribution in [0.1, 0.15) is 20.8 Å². The third-order valence-corrected chi connectivity index (χ3v) is 8.62. The molecule has 2 heteroatoms. The zero-order valence-corrected chi connectivity index (χ0v) is 26.1. The minimum Gasteiger partial charge on any atom is -0.324 e. The van der Waals surface area contributed by atoms with E-state index in [1.165, 1.54) is 55.9 Å². The van der Waals surface area contributed by atoms with Gasteiger partial charge in [-0.25, -0.2) is 0 Å². The van der Waals surface area contributed by atoms with E-state index in [-0.39, 0.29) is 11.6 Å². The summed E-state index contributed by atoms with van der Waals surface area (Å²) in [5, 5.41) is 0. The average Bonchev–Trinajstić information content (AvgIpc) is 3.55. The first kappa shape index (κ1) is 28.4. The first-order chi connectivity index (χ1) is 22.0. The second-order valence-electron chi connectivity index (χ2n) is 12.7. The SMILES string of the molecule is CC(C)(C)C1N(c2c(-c3ccccc3)cccc2-c2ccccc2)C=CN1c1c(-c2ccccc2)cccc1-c1ccccc1. The lowest BCUT2D eigenvalue weighted by Crippen LogP contribution is -2.48. The van der Waals surface area contributed by atoms with E-state index in [0.29, 0.717) is 0 Å². The summed E-state index contributed by atoms with van der Waals surface area (Å²) in [5.74, 6) is 0. The Hall–Kier alpha value is -5.34. The molecule has 0 saturated heterocycles. The Kier molecular flexibility index (Phi) is 7.57. The molecule has 6 aromatic rings. The average molecular weight is 583 g/mol. The van der Waals surface area contributed by atoms with Gasteiger partial charge in [-0.15, -0.1) is 0 Å². The first-order valence-electron chi connectivity index (χ1n) is 15.7. The maximum Gasteiger partial charge on any atom is 0.115 e. The molecule has 0 amide bonds. The molecule has 45 heavy (non-hydrogen) atoms. The maximum absolute atomic E-state index is 2.52. The number of para-hydroxylation sites is 2. The Morgan fingerprint density at radius 2 is 0.622 bits per heavy atom. The molecular weight excluding hydrogens is 544 g/mol. The van der Waals surface area contributed by atoms with Gasteiger partial charge in [0.2, 0.25) is 0 Å². The van der Waals surface area contributed by atoms with Crippen LogP contribution in [0.5, 0.6) is 0 Å². The molecule has 0 spiro atoms. The van der Waals surface area contributed by atoms with E-state index in [0.717, 1.165) is 0 Å². The number of benzene rings is 6. The van der Waals surface area contributed by atoms with Gasteiger partial charge >= 0.3 is 0 Å². The normalized spacial score (nSPS) is 13.4. The van der Waals surface area contributed by atoms with Crippen LogP contribution in [0.4, 0.5) is 11.4 Å². The molecule has 6 aromatic carbocycles. The van der Waals surface area contributed by atoms with Gasteiger partial charge in [0.1, 0.15) is 6.17 Å². The van der Waals surface area contributed by atoms with Crippen molar-refractivity contribution < 1.29 is 0 Å². The number of hydrogen-bond donors (Lipinski definition) is 0. The van der Waals surface area contributed by atoms with E-state index in [1.807, 2.05) is 0 Å². The minimum absolute atomic E-state index is 0.00264. The third-order valence-electron chi connectivity index (χ3n) is 8.62. The molecule has 1 aliphatic rings. The predicted octanol–water partition coefficient (Wildman–Crippen LogP) is 11.5. The van der Waals surface area contributed by atoms with E-state index in [9.17, 15) is 0 Å². The Morgan fingerprint density at radius 3 is 0.867 bits per heavy atom. The van der Waals surface area contributed by atoms with Gasteiger partial charge in [0, 0.05) is 40.1 Å². The Balaban J connectivity index is 1.47. The molecule has 1 aliphatic heterocycles. The molecular formula is C43H38N2. The van der Waals surface area contributed by atoms with Crippen LogP contribution in [0.25, 0.3) is 44.5 Å². The number of rotatable bonds is 6. The maximum atomic E-state index is 2.52. The topological polar surface area (TPSA) is 6.48 Å². The third kappa shape index (κ3) is 5.45. The summed E-state index contributed by atoms with van der Waals surface area (Å²) >= 11 is 0. The minimum atomic E-state index is -0.126. The largest absolute Gasteiger partial charge is 0.324 e. The fourth-order valence-corrected chi connectivity index (χ4v) is 6.71. The number of anilines is 2. The van der Waals surface area contributed by atoms with E-state index in [4.69, 9.17) is 0 Å². The second-order valence-corrected chi connectivity index (χ2v) is 12.7. The summed E-state index contributed by atoms with van der Waals surface area (Å²) in [5.41, 5.74) is 12.0. The lowest BCUT2D eigenvalue weighted by Gasteiger charge is -2.43. The highest BCUT2D eigenvalue weighted by Crippen LogP contribution is 2.49. The summed E-state index contributed by atoms with van der Waals surface area (Å²) in [6, 6.07) is 56.6. The number of nitrogens with zero attached hydrogens (tertiary/aromatic N) is 2. The number of hydrogen-bond acceptors (Lipinski definition) is 2. The van der Waals surface area contributed by atoms with Gasteiger partial charge in [0.15, 0.2) is 0 Å². The molecule has 0 aromatic heterocycles. The van der Waals surface area contributed by atoms with Gasteiger partial charge in [0.05, 0.1) is 11.4 Å². The highest BCUT2D eigenvalue weighted by Gasteiger charge is 2.41. The Labute approximate surface area is 267 Å². The molecule has 0 radical (unpaired) electrons. The van der Waals surface area contributed by atoms with Crippen LogP contribution in [0, 0.1) is 5.41 Å². The van der Waals surface area contributed by atoms with Crippen molar-refractivity contribution in [3.8, 4) is 44.5 Å². The molecule has 7 rings (SSSR count). The summed E-state index contributed by atoms with van der Waals surface area (Å²) < 4.78 is 0. The van der Waals surface area contributed by atoms with Crippen molar-refractivity contribution in [2.24, 2.45) is 5.41 Å². The predicted molar refractivity (Wildman–Crippen MR) is 192 cm³/mol. The van der Waals surface area contributed by atoms with Crippen LogP contribution in [0.15, 0.2) is 170 Å². The summed E-state index contributed by atoms with van der Waals surface area (Å²) in [7, 11) is 0. The van der Waals surface area contributed by atoms with Crippen molar-refractivity contribution >= 4 is 11.4 Å². The highest BCUT2D eigenvalue weighted by atomic mass is 15.4. The van der Waals surface area contributed by atoms with Crippen LogP contribution in [0.3, 0.4) is 0 Å². The van der Waals surface area contributed by atoms with E-state index in [1.54, 1.807) is 0 Å². The lowest BCUT2D eigenvalue weighted by atomic mass is 9.87. The van der Waals surface area contributed by atoms with E-state index >= 15 is 0 Å². The van der Waals surface area contributed by atoms with Crippen LogP contribution in [-0.4, -0.2) is 6.17 Å². The van der Waals surface area contributed by atoms with Crippen molar-refractivity contribution in [2.75, 3.05) is 9.80 Å². The van der Waals surface area contributed by atoms with Crippen LogP contribution in [-0.2, 0) is 0 Å². The summed E-state index contributed by atoms with van der Waals surface area (Å²) in [4.78, 5) is 5.03. The van der Waals surface area contributed by atoms with Gasteiger partial charge in [0.25, 0.3) is 0 Å².